The van der Waals surface area contributed by atoms with Gasteiger partial charge in [-0.1, -0.05) is 30.3 Å². The van der Waals surface area contributed by atoms with Crippen LogP contribution in [-0.2, 0) is 4.74 Å². The summed E-state index contributed by atoms with van der Waals surface area (Å²) < 4.78 is 5.74. The lowest BCUT2D eigenvalue weighted by molar-refractivity contribution is -0.0639. The number of nitrogens with one attached hydrogen (secondary N) is 1. The van der Waals surface area contributed by atoms with Crippen LogP contribution in [0.3, 0.4) is 0 Å². The van der Waals surface area contributed by atoms with E-state index >= 15 is 0 Å². The predicted octanol–water partition coefficient (Wildman–Crippen LogP) is 3.72. The second-order valence-electron chi connectivity index (χ2n) is 5.60. The Labute approximate surface area is 117 Å². The highest BCUT2D eigenvalue weighted by atomic mass is 35.5. The van der Waals surface area contributed by atoms with Gasteiger partial charge in [-0.2, -0.15) is 0 Å². The van der Waals surface area contributed by atoms with Gasteiger partial charge in [-0.15, -0.1) is 12.4 Å². The van der Waals surface area contributed by atoms with Crippen molar-refractivity contribution in [3.05, 3.63) is 35.9 Å². The Bertz CT molecular complexity index is 353. The molecule has 1 heterocycles. The van der Waals surface area contributed by atoms with Crippen molar-refractivity contribution in [2.45, 2.75) is 51.3 Å². The van der Waals surface area contributed by atoms with Crippen LogP contribution >= 0.6 is 12.4 Å². The van der Waals surface area contributed by atoms with E-state index in [1.54, 1.807) is 0 Å². The summed E-state index contributed by atoms with van der Waals surface area (Å²) in [6.45, 7) is 7.45. The van der Waals surface area contributed by atoms with Gasteiger partial charge in [-0.05, 0) is 39.2 Å². The van der Waals surface area contributed by atoms with Gasteiger partial charge in [0.1, 0.15) is 0 Å². The van der Waals surface area contributed by atoms with Crippen LogP contribution in [0.25, 0.3) is 0 Å². The average Bonchev–Trinajstić information content (AvgIpc) is 2.29. The van der Waals surface area contributed by atoms with E-state index in [1.165, 1.54) is 5.56 Å². The minimum absolute atomic E-state index is 0. The number of halogens is 1. The molecule has 0 saturated carbocycles. The first-order chi connectivity index (χ1) is 8.07. The zero-order valence-corrected chi connectivity index (χ0v) is 12.3. The Hall–Kier alpha value is -0.570. The number of hydrogen-bond acceptors (Lipinski definition) is 2. The van der Waals surface area contributed by atoms with Gasteiger partial charge in [0.2, 0.25) is 0 Å². The summed E-state index contributed by atoms with van der Waals surface area (Å²) in [5.74, 6) is 0. The van der Waals surface area contributed by atoms with E-state index < -0.39 is 0 Å². The zero-order valence-electron chi connectivity index (χ0n) is 11.5. The molecule has 2 rings (SSSR count). The molecule has 0 aliphatic carbocycles. The quantitative estimate of drug-likeness (QED) is 0.903. The molecule has 3 heteroatoms. The highest BCUT2D eigenvalue weighted by Gasteiger charge is 2.29. The Morgan fingerprint density at radius 2 is 1.94 bits per heavy atom. The molecule has 2 atom stereocenters. The molecular weight excluding hydrogens is 246 g/mol. The van der Waals surface area contributed by atoms with Gasteiger partial charge in [-0.25, -0.2) is 0 Å². The van der Waals surface area contributed by atoms with Crippen molar-refractivity contribution in [2.24, 2.45) is 0 Å². The second kappa shape index (κ2) is 6.55. The molecule has 1 aliphatic heterocycles. The van der Waals surface area contributed by atoms with Gasteiger partial charge in [0.05, 0.1) is 5.60 Å². The monoisotopic (exact) mass is 269 g/mol. The van der Waals surface area contributed by atoms with Gasteiger partial charge in [0, 0.05) is 18.7 Å². The molecule has 0 radical (unpaired) electrons. The number of benzene rings is 1. The first kappa shape index (κ1) is 15.5. The van der Waals surface area contributed by atoms with Crippen LogP contribution in [0.15, 0.2) is 30.3 Å². The third-order valence-corrected chi connectivity index (χ3v) is 3.48. The Kier molecular flexibility index (Phi) is 5.64. The molecule has 1 aromatic carbocycles. The van der Waals surface area contributed by atoms with Crippen LogP contribution in [0.5, 0.6) is 0 Å². The standard InChI is InChI=1S/C15H23NO.ClH/c1-12(13-7-5-4-6-8-13)16-14-9-10-17-15(2,3)11-14;/h4-8,12,14,16H,9-11H2,1-3H3;1H. The van der Waals surface area contributed by atoms with Gasteiger partial charge in [0.25, 0.3) is 0 Å². The average molecular weight is 270 g/mol. The van der Waals surface area contributed by atoms with Crippen LogP contribution in [0, 0.1) is 0 Å². The highest BCUT2D eigenvalue weighted by molar-refractivity contribution is 5.85. The van der Waals surface area contributed by atoms with Gasteiger partial charge in [-0.3, -0.25) is 0 Å². The summed E-state index contributed by atoms with van der Waals surface area (Å²) in [5.41, 5.74) is 1.38. The normalized spacial score (nSPS) is 24.1. The van der Waals surface area contributed by atoms with E-state index in [-0.39, 0.29) is 18.0 Å². The van der Waals surface area contributed by atoms with Gasteiger partial charge >= 0.3 is 0 Å². The third kappa shape index (κ3) is 4.27. The lowest BCUT2D eigenvalue weighted by Crippen LogP contribution is -2.44. The van der Waals surface area contributed by atoms with Crippen molar-refractivity contribution in [1.82, 2.24) is 5.32 Å². The maximum absolute atomic E-state index is 5.74. The first-order valence-corrected chi connectivity index (χ1v) is 6.52. The van der Waals surface area contributed by atoms with Crippen LogP contribution < -0.4 is 5.32 Å². The fraction of sp³-hybridized carbons (Fsp3) is 0.600. The molecule has 0 bridgehead atoms. The molecule has 2 unspecified atom stereocenters. The molecule has 18 heavy (non-hydrogen) atoms. The zero-order chi connectivity index (χ0) is 12.3. The van der Waals surface area contributed by atoms with Gasteiger partial charge in [0.15, 0.2) is 0 Å². The summed E-state index contributed by atoms with van der Waals surface area (Å²) >= 11 is 0. The van der Waals surface area contributed by atoms with Crippen LogP contribution in [0.1, 0.15) is 45.2 Å². The van der Waals surface area contributed by atoms with Crippen molar-refractivity contribution < 1.29 is 4.74 Å². The van der Waals surface area contributed by atoms with E-state index in [1.807, 2.05) is 0 Å². The molecule has 0 spiro atoms. The fourth-order valence-corrected chi connectivity index (χ4v) is 2.57. The number of rotatable bonds is 3. The number of hydrogen-bond donors (Lipinski definition) is 1. The minimum atomic E-state index is 0. The predicted molar refractivity (Wildman–Crippen MR) is 78.3 cm³/mol. The van der Waals surface area contributed by atoms with Gasteiger partial charge < -0.3 is 10.1 Å². The lowest BCUT2D eigenvalue weighted by atomic mass is 9.93. The molecule has 0 amide bonds. The molecule has 0 aromatic heterocycles. The fourth-order valence-electron chi connectivity index (χ4n) is 2.57. The maximum Gasteiger partial charge on any atom is 0.0641 e. The highest BCUT2D eigenvalue weighted by Crippen LogP contribution is 2.25. The van der Waals surface area contributed by atoms with Crippen molar-refractivity contribution in [3.63, 3.8) is 0 Å². The molecular formula is C15H24ClNO. The Morgan fingerprint density at radius 3 is 2.56 bits per heavy atom. The van der Waals surface area contributed by atoms with Crippen molar-refractivity contribution in [1.29, 1.82) is 0 Å². The molecule has 1 saturated heterocycles. The van der Waals surface area contributed by atoms with E-state index in [0.717, 1.165) is 19.4 Å². The Balaban J connectivity index is 0.00000162. The molecule has 1 N–H and O–H groups in total. The van der Waals surface area contributed by atoms with E-state index in [0.29, 0.717) is 12.1 Å². The lowest BCUT2D eigenvalue weighted by Gasteiger charge is -2.37. The maximum atomic E-state index is 5.74. The molecule has 1 aromatic rings. The summed E-state index contributed by atoms with van der Waals surface area (Å²) in [7, 11) is 0. The van der Waals surface area contributed by atoms with Crippen LogP contribution in [-0.4, -0.2) is 18.2 Å². The minimum Gasteiger partial charge on any atom is -0.375 e. The van der Waals surface area contributed by atoms with Crippen molar-refractivity contribution in [3.8, 4) is 0 Å². The topological polar surface area (TPSA) is 21.3 Å². The number of ether oxygens (including phenoxy) is 1. The Morgan fingerprint density at radius 1 is 1.28 bits per heavy atom. The summed E-state index contributed by atoms with van der Waals surface area (Å²) in [6, 6.07) is 11.6. The largest absolute Gasteiger partial charge is 0.375 e. The molecule has 1 aliphatic rings. The summed E-state index contributed by atoms with van der Waals surface area (Å²) in [4.78, 5) is 0. The van der Waals surface area contributed by atoms with E-state index in [2.05, 4.69) is 56.4 Å². The molecule has 1 fully saturated rings. The third-order valence-electron chi connectivity index (χ3n) is 3.48. The second-order valence-corrected chi connectivity index (χ2v) is 5.60. The van der Waals surface area contributed by atoms with Crippen LogP contribution in [0.2, 0.25) is 0 Å². The molecule has 2 nitrogen and oxygen atoms in total. The summed E-state index contributed by atoms with van der Waals surface area (Å²) in [5, 5.41) is 3.71. The summed E-state index contributed by atoms with van der Waals surface area (Å²) in [6.07, 6.45) is 2.20. The first-order valence-electron chi connectivity index (χ1n) is 6.52. The van der Waals surface area contributed by atoms with E-state index in [9.17, 15) is 0 Å². The SMILES string of the molecule is CC(NC1CCOC(C)(C)C1)c1ccccc1.Cl. The smallest absolute Gasteiger partial charge is 0.0641 e. The van der Waals surface area contributed by atoms with Crippen molar-refractivity contribution >= 4 is 12.4 Å². The van der Waals surface area contributed by atoms with Crippen LogP contribution in [0.4, 0.5) is 0 Å². The molecule has 102 valence electrons. The van der Waals surface area contributed by atoms with E-state index in [4.69, 9.17) is 4.74 Å². The van der Waals surface area contributed by atoms with Crippen molar-refractivity contribution in [2.75, 3.05) is 6.61 Å².